The van der Waals surface area contributed by atoms with E-state index < -0.39 is 0 Å². The van der Waals surface area contributed by atoms with E-state index in [0.717, 1.165) is 6.42 Å². The van der Waals surface area contributed by atoms with E-state index in [4.69, 9.17) is 5.73 Å². The van der Waals surface area contributed by atoms with Crippen molar-refractivity contribution in [3.63, 3.8) is 0 Å². The van der Waals surface area contributed by atoms with Crippen LogP contribution in [-0.4, -0.2) is 17.8 Å². The molecule has 0 aliphatic rings. The van der Waals surface area contributed by atoms with Crippen molar-refractivity contribution in [3.8, 4) is 0 Å². The molecule has 0 spiro atoms. The van der Waals surface area contributed by atoms with Crippen LogP contribution in [-0.2, 0) is 0 Å². The Labute approximate surface area is 69.8 Å². The van der Waals surface area contributed by atoms with Crippen molar-refractivity contribution in [2.45, 2.75) is 40.2 Å². The molecule has 0 aliphatic carbocycles. The monoisotopic (exact) mass is 159 g/mol. The van der Waals surface area contributed by atoms with Crippen LogP contribution in [0.2, 0.25) is 0 Å². The molecule has 0 amide bonds. The molecule has 3 N–H and O–H groups in total. The fraction of sp³-hybridized carbons (Fsp3) is 1.00. The highest BCUT2D eigenvalue weighted by Crippen LogP contribution is 2.25. The molecule has 0 rings (SSSR count). The van der Waals surface area contributed by atoms with Gasteiger partial charge in [-0.05, 0) is 12.5 Å². The van der Waals surface area contributed by atoms with E-state index in [1.165, 1.54) is 0 Å². The molecule has 0 heterocycles. The second-order valence-corrected chi connectivity index (χ2v) is 4.02. The van der Waals surface area contributed by atoms with Crippen molar-refractivity contribution in [3.05, 3.63) is 0 Å². The molecule has 0 fully saturated rings. The van der Waals surface area contributed by atoms with Crippen LogP contribution in [0.3, 0.4) is 0 Å². The van der Waals surface area contributed by atoms with Gasteiger partial charge in [-0.1, -0.05) is 34.1 Å². The average Bonchev–Trinajstić information content (AvgIpc) is 2.01. The van der Waals surface area contributed by atoms with Crippen LogP contribution in [0, 0.1) is 11.3 Å². The second kappa shape index (κ2) is 4.07. The highest BCUT2D eigenvalue weighted by molar-refractivity contribution is 4.81. The van der Waals surface area contributed by atoms with E-state index in [-0.39, 0.29) is 11.5 Å². The maximum Gasteiger partial charge on any atom is 0.0628 e. The lowest BCUT2D eigenvalue weighted by molar-refractivity contribution is 0.0112. The summed E-state index contributed by atoms with van der Waals surface area (Å²) >= 11 is 0. The van der Waals surface area contributed by atoms with Gasteiger partial charge in [-0.15, -0.1) is 0 Å². The summed E-state index contributed by atoms with van der Waals surface area (Å²) in [5, 5.41) is 9.77. The summed E-state index contributed by atoms with van der Waals surface area (Å²) in [6.45, 7) is 8.69. The third-order valence-electron chi connectivity index (χ3n) is 2.51. The summed E-state index contributed by atoms with van der Waals surface area (Å²) in [4.78, 5) is 0. The molecular weight excluding hydrogens is 138 g/mol. The fourth-order valence-electron chi connectivity index (χ4n) is 1.11. The minimum Gasteiger partial charge on any atom is -0.392 e. The molecule has 2 atom stereocenters. The van der Waals surface area contributed by atoms with Gasteiger partial charge in [0.2, 0.25) is 0 Å². The molecule has 0 saturated heterocycles. The second-order valence-electron chi connectivity index (χ2n) is 4.02. The third-order valence-corrected chi connectivity index (χ3v) is 2.51. The highest BCUT2D eigenvalue weighted by atomic mass is 16.3. The topological polar surface area (TPSA) is 46.2 Å². The lowest BCUT2D eigenvalue weighted by Gasteiger charge is -2.32. The highest BCUT2D eigenvalue weighted by Gasteiger charge is 2.29. The SMILES string of the molecule is CCC(C)C(O)C(C)(C)CN. The Kier molecular flexibility index (Phi) is 4.04. The maximum absolute atomic E-state index is 9.77. The zero-order valence-electron chi connectivity index (χ0n) is 8.09. The van der Waals surface area contributed by atoms with E-state index in [2.05, 4.69) is 13.8 Å². The standard InChI is InChI=1S/C9H21NO/c1-5-7(2)8(11)9(3,4)6-10/h7-8,11H,5-6,10H2,1-4H3. The number of rotatable bonds is 4. The van der Waals surface area contributed by atoms with E-state index >= 15 is 0 Å². The molecule has 0 aliphatic heterocycles. The van der Waals surface area contributed by atoms with Gasteiger partial charge in [0.05, 0.1) is 6.10 Å². The summed E-state index contributed by atoms with van der Waals surface area (Å²) < 4.78 is 0. The van der Waals surface area contributed by atoms with Gasteiger partial charge in [-0.3, -0.25) is 0 Å². The molecule has 0 aromatic heterocycles. The van der Waals surface area contributed by atoms with Gasteiger partial charge < -0.3 is 10.8 Å². The van der Waals surface area contributed by atoms with E-state index in [0.29, 0.717) is 12.5 Å². The molecule has 68 valence electrons. The number of hydrogen-bond donors (Lipinski definition) is 2. The van der Waals surface area contributed by atoms with Crippen molar-refractivity contribution in [1.29, 1.82) is 0 Å². The summed E-state index contributed by atoms with van der Waals surface area (Å²) in [6, 6.07) is 0. The smallest absolute Gasteiger partial charge is 0.0628 e. The maximum atomic E-state index is 9.77. The summed E-state index contributed by atoms with van der Waals surface area (Å²) in [6.07, 6.45) is 0.724. The van der Waals surface area contributed by atoms with Crippen molar-refractivity contribution in [1.82, 2.24) is 0 Å². The summed E-state index contributed by atoms with van der Waals surface area (Å²) in [7, 11) is 0. The molecule has 0 aromatic carbocycles. The van der Waals surface area contributed by atoms with Crippen LogP contribution in [0.25, 0.3) is 0 Å². The van der Waals surface area contributed by atoms with Crippen LogP contribution in [0.4, 0.5) is 0 Å². The predicted octanol–water partition coefficient (Wildman–Crippen LogP) is 1.38. The Morgan fingerprint density at radius 1 is 1.45 bits per heavy atom. The van der Waals surface area contributed by atoms with Crippen molar-refractivity contribution >= 4 is 0 Å². The van der Waals surface area contributed by atoms with Gasteiger partial charge >= 0.3 is 0 Å². The van der Waals surface area contributed by atoms with Crippen LogP contribution in [0.1, 0.15) is 34.1 Å². The van der Waals surface area contributed by atoms with Crippen molar-refractivity contribution in [2.75, 3.05) is 6.54 Å². The molecule has 0 radical (unpaired) electrons. The third kappa shape index (κ3) is 2.80. The first-order valence-corrected chi connectivity index (χ1v) is 4.33. The Hall–Kier alpha value is -0.0800. The molecule has 2 heteroatoms. The van der Waals surface area contributed by atoms with E-state index in [1.807, 2.05) is 13.8 Å². The first-order valence-electron chi connectivity index (χ1n) is 4.33. The number of aliphatic hydroxyl groups is 1. The van der Waals surface area contributed by atoms with E-state index in [9.17, 15) is 5.11 Å². The number of hydrogen-bond acceptors (Lipinski definition) is 2. The Balaban J connectivity index is 4.10. The zero-order chi connectivity index (χ0) is 9.07. The number of aliphatic hydroxyl groups excluding tert-OH is 1. The molecule has 11 heavy (non-hydrogen) atoms. The van der Waals surface area contributed by atoms with Gasteiger partial charge in [0.25, 0.3) is 0 Å². The molecule has 0 bridgehead atoms. The van der Waals surface area contributed by atoms with Crippen molar-refractivity contribution < 1.29 is 5.11 Å². The van der Waals surface area contributed by atoms with Crippen LogP contribution < -0.4 is 5.73 Å². The summed E-state index contributed by atoms with van der Waals surface area (Å²) in [5.74, 6) is 0.341. The normalized spacial score (nSPS) is 18.0. The van der Waals surface area contributed by atoms with Crippen LogP contribution in [0.5, 0.6) is 0 Å². The van der Waals surface area contributed by atoms with Gasteiger partial charge in [0.15, 0.2) is 0 Å². The molecule has 2 unspecified atom stereocenters. The summed E-state index contributed by atoms with van der Waals surface area (Å²) in [5.41, 5.74) is 5.40. The molecule has 0 aromatic rings. The molecular formula is C9H21NO. The van der Waals surface area contributed by atoms with Gasteiger partial charge in [-0.2, -0.15) is 0 Å². The Morgan fingerprint density at radius 3 is 2.18 bits per heavy atom. The zero-order valence-corrected chi connectivity index (χ0v) is 8.09. The first kappa shape index (κ1) is 10.9. The number of nitrogens with two attached hydrogens (primary N) is 1. The average molecular weight is 159 g/mol. The lowest BCUT2D eigenvalue weighted by Crippen LogP contribution is -2.40. The molecule has 0 saturated carbocycles. The minimum atomic E-state index is -0.280. The van der Waals surface area contributed by atoms with Gasteiger partial charge in [0, 0.05) is 5.41 Å². The predicted molar refractivity (Wildman–Crippen MR) is 48.3 cm³/mol. The Bertz CT molecular complexity index is 112. The minimum absolute atomic E-state index is 0.143. The Morgan fingerprint density at radius 2 is 1.91 bits per heavy atom. The quantitative estimate of drug-likeness (QED) is 0.651. The lowest BCUT2D eigenvalue weighted by atomic mass is 9.79. The largest absolute Gasteiger partial charge is 0.392 e. The van der Waals surface area contributed by atoms with Crippen LogP contribution >= 0.6 is 0 Å². The van der Waals surface area contributed by atoms with Crippen LogP contribution in [0.15, 0.2) is 0 Å². The van der Waals surface area contributed by atoms with Gasteiger partial charge in [0.1, 0.15) is 0 Å². The van der Waals surface area contributed by atoms with E-state index in [1.54, 1.807) is 0 Å². The van der Waals surface area contributed by atoms with Crippen molar-refractivity contribution in [2.24, 2.45) is 17.1 Å². The molecule has 2 nitrogen and oxygen atoms in total. The van der Waals surface area contributed by atoms with Gasteiger partial charge in [-0.25, -0.2) is 0 Å². The fourth-order valence-corrected chi connectivity index (χ4v) is 1.11. The first-order chi connectivity index (χ1) is 4.95.